The Morgan fingerprint density at radius 2 is 1.64 bits per heavy atom. The van der Waals surface area contributed by atoms with Gasteiger partial charge in [0.2, 0.25) is 0 Å². The summed E-state index contributed by atoms with van der Waals surface area (Å²) in [4.78, 5) is 27.8. The Morgan fingerprint density at radius 1 is 0.893 bits per heavy atom. The first kappa shape index (κ1) is 18.5. The molecule has 2 aliphatic heterocycles. The second-order valence-electron chi connectivity index (χ2n) is 7.37. The van der Waals surface area contributed by atoms with Gasteiger partial charge in [0, 0.05) is 75.7 Å². The van der Waals surface area contributed by atoms with Gasteiger partial charge in [0.05, 0.1) is 0 Å². The third-order valence-corrected chi connectivity index (χ3v) is 5.55. The molecule has 0 aromatic carbocycles. The third-order valence-electron chi connectivity index (χ3n) is 5.55. The van der Waals surface area contributed by atoms with Crippen LogP contribution in [0, 0.1) is 0 Å². The van der Waals surface area contributed by atoms with Gasteiger partial charge < -0.3 is 20.0 Å². The molecule has 7 heteroatoms. The Labute approximate surface area is 166 Å². The molecule has 0 saturated carbocycles. The van der Waals surface area contributed by atoms with Crippen LogP contribution in [-0.4, -0.2) is 60.2 Å². The van der Waals surface area contributed by atoms with E-state index in [1.54, 1.807) is 0 Å². The molecule has 2 saturated heterocycles. The Balaban J connectivity index is 1.31. The molecular formula is C21H28N6O. The fourth-order valence-electron chi connectivity index (χ4n) is 3.96. The molecule has 2 amide bonds. The van der Waals surface area contributed by atoms with Crippen molar-refractivity contribution in [3.8, 4) is 0 Å². The van der Waals surface area contributed by atoms with Gasteiger partial charge in [0.25, 0.3) is 0 Å². The molecule has 4 heterocycles. The number of hydrogen-bond donors (Lipinski definition) is 1. The number of nitrogens with one attached hydrogen (secondary N) is 1. The van der Waals surface area contributed by atoms with Gasteiger partial charge in [-0.3, -0.25) is 4.98 Å². The predicted molar refractivity (Wildman–Crippen MR) is 111 cm³/mol. The van der Waals surface area contributed by atoms with Gasteiger partial charge in [-0.15, -0.1) is 0 Å². The van der Waals surface area contributed by atoms with Gasteiger partial charge in [0.1, 0.15) is 5.82 Å². The van der Waals surface area contributed by atoms with Gasteiger partial charge in [-0.2, -0.15) is 0 Å². The minimum atomic E-state index is 0.00262. The standard InChI is InChI=1S/C21H28N6O/c28-21(27-15-13-25(14-16-27)19-6-9-22-10-7-19)24-17-18-5-4-8-23-20(18)26-11-2-1-3-12-26/h4-10H,1-3,11-17H2,(H,24,28). The summed E-state index contributed by atoms with van der Waals surface area (Å²) in [6.07, 6.45) is 9.17. The van der Waals surface area contributed by atoms with Crippen molar-refractivity contribution in [3.05, 3.63) is 48.4 Å². The van der Waals surface area contributed by atoms with Crippen LogP contribution in [0.5, 0.6) is 0 Å². The summed E-state index contributed by atoms with van der Waals surface area (Å²) in [7, 11) is 0. The highest BCUT2D eigenvalue weighted by Crippen LogP contribution is 2.21. The fourth-order valence-corrected chi connectivity index (χ4v) is 3.96. The first-order valence-electron chi connectivity index (χ1n) is 10.2. The number of aromatic nitrogens is 2. The van der Waals surface area contributed by atoms with Crippen molar-refractivity contribution in [2.24, 2.45) is 0 Å². The number of urea groups is 1. The maximum absolute atomic E-state index is 12.7. The smallest absolute Gasteiger partial charge is 0.317 e. The second-order valence-corrected chi connectivity index (χ2v) is 7.37. The van der Waals surface area contributed by atoms with Crippen LogP contribution in [0.15, 0.2) is 42.9 Å². The van der Waals surface area contributed by atoms with Crippen molar-refractivity contribution in [2.75, 3.05) is 49.1 Å². The van der Waals surface area contributed by atoms with E-state index in [0.717, 1.165) is 56.3 Å². The summed E-state index contributed by atoms with van der Waals surface area (Å²) in [5.74, 6) is 1.02. The van der Waals surface area contributed by atoms with E-state index in [4.69, 9.17) is 0 Å². The van der Waals surface area contributed by atoms with E-state index in [2.05, 4.69) is 31.2 Å². The van der Waals surface area contributed by atoms with E-state index in [9.17, 15) is 4.79 Å². The van der Waals surface area contributed by atoms with Crippen LogP contribution >= 0.6 is 0 Å². The lowest BCUT2D eigenvalue weighted by molar-refractivity contribution is 0.194. The topological polar surface area (TPSA) is 64.6 Å². The van der Waals surface area contributed by atoms with Crippen LogP contribution in [0.2, 0.25) is 0 Å². The van der Waals surface area contributed by atoms with Crippen molar-refractivity contribution < 1.29 is 4.79 Å². The van der Waals surface area contributed by atoms with Crippen molar-refractivity contribution in [1.29, 1.82) is 0 Å². The Kier molecular flexibility index (Phi) is 5.89. The fraction of sp³-hybridized carbons (Fsp3) is 0.476. The minimum absolute atomic E-state index is 0.00262. The zero-order chi connectivity index (χ0) is 19.2. The Hall–Kier alpha value is -2.83. The van der Waals surface area contributed by atoms with E-state index >= 15 is 0 Å². The van der Waals surface area contributed by atoms with E-state index in [1.165, 1.54) is 19.3 Å². The molecule has 148 valence electrons. The Morgan fingerprint density at radius 3 is 2.39 bits per heavy atom. The summed E-state index contributed by atoms with van der Waals surface area (Å²) in [5, 5.41) is 3.09. The van der Waals surface area contributed by atoms with Crippen molar-refractivity contribution in [2.45, 2.75) is 25.8 Å². The van der Waals surface area contributed by atoms with Crippen LogP contribution in [-0.2, 0) is 6.54 Å². The average Bonchev–Trinajstić information content (AvgIpc) is 2.79. The van der Waals surface area contributed by atoms with E-state index in [0.29, 0.717) is 6.54 Å². The number of anilines is 2. The lowest BCUT2D eigenvalue weighted by atomic mass is 10.1. The number of pyridine rings is 2. The van der Waals surface area contributed by atoms with Crippen molar-refractivity contribution in [1.82, 2.24) is 20.2 Å². The lowest BCUT2D eigenvalue weighted by Gasteiger charge is -2.36. The summed E-state index contributed by atoms with van der Waals surface area (Å²) in [6, 6.07) is 8.05. The number of piperazine rings is 1. The van der Waals surface area contributed by atoms with Crippen molar-refractivity contribution >= 4 is 17.5 Å². The average molecular weight is 380 g/mol. The predicted octanol–water partition coefficient (Wildman–Crippen LogP) is 2.50. The first-order valence-corrected chi connectivity index (χ1v) is 10.2. The van der Waals surface area contributed by atoms with Gasteiger partial charge in [-0.25, -0.2) is 9.78 Å². The molecular weight excluding hydrogens is 352 g/mol. The molecule has 2 aliphatic rings. The minimum Gasteiger partial charge on any atom is -0.368 e. The lowest BCUT2D eigenvalue weighted by Crippen LogP contribution is -2.51. The number of carbonyl (C=O) groups is 1. The number of rotatable bonds is 4. The first-order chi connectivity index (χ1) is 13.8. The highest BCUT2D eigenvalue weighted by atomic mass is 16.2. The number of carbonyl (C=O) groups excluding carboxylic acids is 1. The van der Waals surface area contributed by atoms with Gasteiger partial charge in [0.15, 0.2) is 0 Å². The van der Waals surface area contributed by atoms with Crippen LogP contribution in [0.3, 0.4) is 0 Å². The molecule has 2 fully saturated rings. The number of piperidine rings is 1. The molecule has 0 unspecified atom stereocenters. The molecule has 0 spiro atoms. The number of amides is 2. The molecule has 2 aromatic rings. The van der Waals surface area contributed by atoms with E-state index < -0.39 is 0 Å². The van der Waals surface area contributed by atoms with Gasteiger partial charge >= 0.3 is 6.03 Å². The number of nitrogens with zero attached hydrogens (tertiary/aromatic N) is 5. The Bertz CT molecular complexity index is 769. The largest absolute Gasteiger partial charge is 0.368 e. The van der Waals surface area contributed by atoms with Crippen LogP contribution in [0.4, 0.5) is 16.3 Å². The quantitative estimate of drug-likeness (QED) is 0.883. The highest BCUT2D eigenvalue weighted by Gasteiger charge is 2.22. The summed E-state index contributed by atoms with van der Waals surface area (Å²) >= 11 is 0. The summed E-state index contributed by atoms with van der Waals surface area (Å²) in [5.41, 5.74) is 2.25. The maximum atomic E-state index is 12.7. The molecule has 4 rings (SSSR count). The van der Waals surface area contributed by atoms with E-state index in [1.807, 2.05) is 41.7 Å². The van der Waals surface area contributed by atoms with E-state index in [-0.39, 0.29) is 6.03 Å². The number of hydrogen-bond acceptors (Lipinski definition) is 5. The van der Waals surface area contributed by atoms with Crippen molar-refractivity contribution in [3.63, 3.8) is 0 Å². The molecule has 1 N–H and O–H groups in total. The SMILES string of the molecule is O=C(NCc1cccnc1N1CCCCC1)N1CCN(c2ccncc2)CC1. The normalized spacial score (nSPS) is 17.5. The molecule has 0 atom stereocenters. The molecule has 2 aromatic heterocycles. The molecule has 7 nitrogen and oxygen atoms in total. The monoisotopic (exact) mass is 380 g/mol. The molecule has 0 bridgehead atoms. The molecule has 0 aliphatic carbocycles. The maximum Gasteiger partial charge on any atom is 0.317 e. The van der Waals surface area contributed by atoms with Crippen LogP contribution < -0.4 is 15.1 Å². The van der Waals surface area contributed by atoms with Gasteiger partial charge in [-0.1, -0.05) is 6.07 Å². The highest BCUT2D eigenvalue weighted by molar-refractivity contribution is 5.74. The van der Waals surface area contributed by atoms with Crippen LogP contribution in [0.1, 0.15) is 24.8 Å². The molecule has 0 radical (unpaired) electrons. The zero-order valence-corrected chi connectivity index (χ0v) is 16.3. The van der Waals surface area contributed by atoms with Gasteiger partial charge in [-0.05, 0) is 37.5 Å². The summed E-state index contributed by atoms with van der Waals surface area (Å²) < 4.78 is 0. The third kappa shape index (κ3) is 4.35. The van der Waals surface area contributed by atoms with Crippen LogP contribution in [0.25, 0.3) is 0 Å². The summed E-state index contributed by atoms with van der Waals surface area (Å²) in [6.45, 7) is 5.74. The second kappa shape index (κ2) is 8.91. The zero-order valence-electron chi connectivity index (χ0n) is 16.3. The molecule has 28 heavy (non-hydrogen) atoms.